The van der Waals surface area contributed by atoms with E-state index in [-0.39, 0.29) is 15.5 Å². The standard InChI is InChI=1S/C9H8ClNO5S/c10-7-3-5(1-2-6(7)9(13)14)17(15,16)4-8(11)12/h1-3H,4H2,(H2,11,12)(H,13,14). The van der Waals surface area contributed by atoms with Gasteiger partial charge in [-0.15, -0.1) is 0 Å². The highest BCUT2D eigenvalue weighted by Gasteiger charge is 2.19. The van der Waals surface area contributed by atoms with Crippen molar-refractivity contribution in [1.29, 1.82) is 0 Å². The second-order valence-corrected chi connectivity index (χ2v) is 5.57. The van der Waals surface area contributed by atoms with Crippen LogP contribution in [0.25, 0.3) is 0 Å². The van der Waals surface area contributed by atoms with Crippen LogP contribution in [0.15, 0.2) is 23.1 Å². The molecule has 0 fully saturated rings. The molecule has 0 saturated carbocycles. The Balaban J connectivity index is 3.23. The normalized spacial score (nSPS) is 11.1. The van der Waals surface area contributed by atoms with Crippen LogP contribution >= 0.6 is 11.6 Å². The zero-order valence-corrected chi connectivity index (χ0v) is 9.96. The summed E-state index contributed by atoms with van der Waals surface area (Å²) in [5, 5.41) is 8.48. The number of carboxylic acids is 1. The molecule has 0 bridgehead atoms. The third kappa shape index (κ3) is 3.18. The Morgan fingerprint density at radius 3 is 2.35 bits per heavy atom. The van der Waals surface area contributed by atoms with Crippen molar-refractivity contribution >= 4 is 33.3 Å². The zero-order chi connectivity index (χ0) is 13.2. The average molecular weight is 278 g/mol. The maximum atomic E-state index is 11.6. The Hall–Kier alpha value is -1.60. The number of hydrogen-bond donors (Lipinski definition) is 2. The van der Waals surface area contributed by atoms with Crippen molar-refractivity contribution in [1.82, 2.24) is 0 Å². The number of carboxylic acid groups (broad SMARTS) is 1. The number of nitrogens with two attached hydrogens (primary N) is 1. The van der Waals surface area contributed by atoms with Crippen LogP contribution in [0.1, 0.15) is 10.4 Å². The molecule has 0 aliphatic heterocycles. The summed E-state index contributed by atoms with van der Waals surface area (Å²) in [4.78, 5) is 21.0. The van der Waals surface area contributed by atoms with Crippen LogP contribution in [0.5, 0.6) is 0 Å². The van der Waals surface area contributed by atoms with E-state index in [2.05, 4.69) is 0 Å². The molecule has 0 aliphatic rings. The Kier molecular flexibility index (Phi) is 3.74. The summed E-state index contributed by atoms with van der Waals surface area (Å²) in [7, 11) is -3.88. The van der Waals surface area contributed by atoms with Gasteiger partial charge in [-0.05, 0) is 18.2 Å². The topological polar surface area (TPSA) is 115 Å². The van der Waals surface area contributed by atoms with Gasteiger partial charge < -0.3 is 10.8 Å². The van der Waals surface area contributed by atoms with Crippen LogP contribution in [-0.2, 0) is 14.6 Å². The molecule has 92 valence electrons. The molecular formula is C9H8ClNO5S. The van der Waals surface area contributed by atoms with Gasteiger partial charge in [0.1, 0.15) is 5.75 Å². The van der Waals surface area contributed by atoms with E-state index in [4.69, 9.17) is 22.4 Å². The molecule has 1 aromatic rings. The number of sulfone groups is 1. The maximum Gasteiger partial charge on any atom is 0.337 e. The van der Waals surface area contributed by atoms with Gasteiger partial charge in [0.25, 0.3) is 0 Å². The predicted octanol–water partition coefficient (Wildman–Crippen LogP) is 0.297. The summed E-state index contributed by atoms with van der Waals surface area (Å²) in [6.45, 7) is 0. The quantitative estimate of drug-likeness (QED) is 0.821. The van der Waals surface area contributed by atoms with Gasteiger partial charge in [-0.2, -0.15) is 0 Å². The minimum Gasteiger partial charge on any atom is -0.478 e. The number of hydrogen-bond acceptors (Lipinski definition) is 4. The summed E-state index contributed by atoms with van der Waals surface area (Å²) in [5.74, 6) is -3.12. The molecule has 1 aromatic carbocycles. The molecule has 0 unspecified atom stereocenters. The summed E-state index contributed by atoms with van der Waals surface area (Å²) in [5.41, 5.74) is 4.57. The molecule has 1 rings (SSSR count). The summed E-state index contributed by atoms with van der Waals surface area (Å²) in [6, 6.07) is 3.09. The van der Waals surface area contributed by atoms with Crippen molar-refractivity contribution in [2.75, 3.05) is 5.75 Å². The van der Waals surface area contributed by atoms with Crippen LogP contribution in [0.4, 0.5) is 0 Å². The summed E-state index contributed by atoms with van der Waals surface area (Å²) >= 11 is 5.61. The van der Waals surface area contributed by atoms with Crippen LogP contribution in [0.3, 0.4) is 0 Å². The van der Waals surface area contributed by atoms with Gasteiger partial charge in [-0.3, -0.25) is 4.79 Å². The van der Waals surface area contributed by atoms with Gasteiger partial charge in [0.15, 0.2) is 9.84 Å². The van der Waals surface area contributed by atoms with Crippen LogP contribution in [0, 0.1) is 0 Å². The smallest absolute Gasteiger partial charge is 0.337 e. The third-order valence-electron chi connectivity index (χ3n) is 1.86. The van der Waals surface area contributed by atoms with Gasteiger partial charge in [0.2, 0.25) is 5.91 Å². The van der Waals surface area contributed by atoms with E-state index >= 15 is 0 Å². The molecule has 0 atom stereocenters. The van der Waals surface area contributed by atoms with E-state index in [9.17, 15) is 18.0 Å². The van der Waals surface area contributed by atoms with E-state index in [0.717, 1.165) is 18.2 Å². The number of primary amides is 1. The molecule has 0 spiro atoms. The second kappa shape index (κ2) is 4.72. The lowest BCUT2D eigenvalue weighted by Crippen LogP contribution is -2.23. The first-order chi connectivity index (χ1) is 7.74. The predicted molar refractivity (Wildman–Crippen MR) is 59.7 cm³/mol. The van der Waals surface area contributed by atoms with Gasteiger partial charge in [0, 0.05) is 0 Å². The second-order valence-electron chi connectivity index (χ2n) is 3.17. The Labute approximate surface area is 102 Å². The molecule has 3 N–H and O–H groups in total. The molecule has 0 saturated heterocycles. The van der Waals surface area contributed by atoms with Crippen molar-refractivity contribution < 1.29 is 23.1 Å². The lowest BCUT2D eigenvalue weighted by Gasteiger charge is -2.04. The molecule has 0 radical (unpaired) electrons. The van der Waals surface area contributed by atoms with E-state index in [1.165, 1.54) is 0 Å². The van der Waals surface area contributed by atoms with Crippen molar-refractivity contribution in [3.8, 4) is 0 Å². The van der Waals surface area contributed by atoms with Crippen molar-refractivity contribution in [2.24, 2.45) is 5.73 Å². The number of benzene rings is 1. The number of carbonyl (C=O) groups is 2. The van der Waals surface area contributed by atoms with Gasteiger partial charge in [0.05, 0.1) is 15.5 Å². The van der Waals surface area contributed by atoms with E-state index in [0.29, 0.717) is 0 Å². The van der Waals surface area contributed by atoms with Gasteiger partial charge in [-0.1, -0.05) is 11.6 Å². The van der Waals surface area contributed by atoms with E-state index in [1.807, 2.05) is 0 Å². The largest absolute Gasteiger partial charge is 0.478 e. The monoisotopic (exact) mass is 277 g/mol. The number of rotatable bonds is 4. The van der Waals surface area contributed by atoms with Gasteiger partial charge >= 0.3 is 5.97 Å². The molecule has 0 aromatic heterocycles. The van der Waals surface area contributed by atoms with Crippen molar-refractivity contribution in [2.45, 2.75) is 4.90 Å². The first kappa shape index (κ1) is 13.5. The van der Waals surface area contributed by atoms with E-state index < -0.39 is 27.5 Å². The van der Waals surface area contributed by atoms with E-state index in [1.54, 1.807) is 0 Å². The maximum absolute atomic E-state index is 11.6. The fourth-order valence-electron chi connectivity index (χ4n) is 1.13. The Morgan fingerprint density at radius 1 is 1.35 bits per heavy atom. The Morgan fingerprint density at radius 2 is 1.94 bits per heavy atom. The highest BCUT2D eigenvalue weighted by Crippen LogP contribution is 2.21. The average Bonchev–Trinajstić information content (AvgIpc) is 2.14. The molecular weight excluding hydrogens is 270 g/mol. The molecule has 17 heavy (non-hydrogen) atoms. The lowest BCUT2D eigenvalue weighted by molar-refractivity contribution is -0.115. The number of amides is 1. The molecule has 0 heterocycles. The van der Waals surface area contributed by atoms with Crippen molar-refractivity contribution in [3.05, 3.63) is 28.8 Å². The first-order valence-corrected chi connectivity index (χ1v) is 6.31. The number of carbonyl (C=O) groups excluding carboxylic acids is 1. The molecule has 1 amide bonds. The molecule has 8 heteroatoms. The van der Waals surface area contributed by atoms with Crippen LogP contribution < -0.4 is 5.73 Å². The van der Waals surface area contributed by atoms with Crippen molar-refractivity contribution in [3.63, 3.8) is 0 Å². The minimum atomic E-state index is -3.88. The fourth-order valence-corrected chi connectivity index (χ4v) is 2.57. The number of aromatic carboxylic acids is 1. The highest BCUT2D eigenvalue weighted by molar-refractivity contribution is 7.92. The minimum absolute atomic E-state index is 0.218. The molecule has 0 aliphatic carbocycles. The summed E-state index contributed by atoms with van der Waals surface area (Å²) in [6.07, 6.45) is 0. The lowest BCUT2D eigenvalue weighted by atomic mass is 10.2. The Bertz CT molecular complexity index is 581. The molecule has 6 nitrogen and oxygen atoms in total. The SMILES string of the molecule is NC(=O)CS(=O)(=O)c1ccc(C(=O)O)c(Cl)c1. The van der Waals surface area contributed by atoms with Gasteiger partial charge in [-0.25, -0.2) is 13.2 Å². The highest BCUT2D eigenvalue weighted by atomic mass is 35.5. The third-order valence-corrected chi connectivity index (χ3v) is 3.81. The van der Waals surface area contributed by atoms with Crippen LogP contribution in [-0.4, -0.2) is 31.2 Å². The first-order valence-electron chi connectivity index (χ1n) is 4.28. The fraction of sp³-hybridized carbons (Fsp3) is 0.111. The zero-order valence-electron chi connectivity index (χ0n) is 8.38. The number of halogens is 1. The van der Waals surface area contributed by atoms with Crippen LogP contribution in [0.2, 0.25) is 5.02 Å². The summed E-state index contributed by atoms with van der Waals surface area (Å²) < 4.78 is 23.1.